The number of fused-ring (bicyclic) bond motifs is 1. The van der Waals surface area contributed by atoms with Gasteiger partial charge in [-0.1, -0.05) is 18.2 Å². The number of aliphatic imine (C=N–C) groups is 1. The number of hydrogen-bond donors (Lipinski definition) is 0. The van der Waals surface area contributed by atoms with Crippen LogP contribution in [0.1, 0.15) is 31.8 Å². The number of anilines is 2. The normalized spacial score (nSPS) is 19.7. The number of carbonyl (C=O) groups is 1. The lowest BCUT2D eigenvalue weighted by Crippen LogP contribution is -2.55. The molecule has 42 heavy (non-hydrogen) atoms. The fraction of sp³-hybridized carbons (Fsp3) is 0.333. The lowest BCUT2D eigenvalue weighted by molar-refractivity contribution is -0.141. The second-order valence-electron chi connectivity index (χ2n) is 9.61. The zero-order chi connectivity index (χ0) is 35.0. The number of para-hydroxylation sites is 1. The minimum atomic E-state index is -4.84. The Hall–Kier alpha value is -4.48. The smallest absolute Gasteiger partial charge is 0.416 e. The van der Waals surface area contributed by atoms with Crippen LogP contribution in [0.15, 0.2) is 65.7 Å². The summed E-state index contributed by atoms with van der Waals surface area (Å²) in [6, 6.07) is 11.5. The van der Waals surface area contributed by atoms with Gasteiger partial charge in [-0.15, -0.1) is 0 Å². The minimum Gasteiger partial charge on any atom is -0.497 e. The molecule has 0 aromatic heterocycles. The van der Waals surface area contributed by atoms with E-state index in [-0.39, 0.29) is 41.7 Å². The molecule has 1 saturated heterocycles. The van der Waals surface area contributed by atoms with Crippen molar-refractivity contribution in [1.82, 2.24) is 4.90 Å². The molecular formula is C30H30F4N4O4. The first kappa shape index (κ1) is 22.2. The number of piperazine rings is 1. The Labute approximate surface area is 249 Å². The third-order valence-corrected chi connectivity index (χ3v) is 7.22. The Bertz CT molecular complexity index is 1700. The topological polar surface area (TPSA) is 66.8 Å². The molecule has 12 heteroatoms. The van der Waals surface area contributed by atoms with E-state index >= 15 is 4.39 Å². The van der Waals surface area contributed by atoms with E-state index in [1.165, 1.54) is 23.1 Å². The van der Waals surface area contributed by atoms with Gasteiger partial charge in [-0.25, -0.2) is 9.38 Å². The molecule has 2 aliphatic heterocycles. The molecule has 0 bridgehead atoms. The van der Waals surface area contributed by atoms with E-state index in [0.717, 1.165) is 19.2 Å². The van der Waals surface area contributed by atoms with E-state index in [9.17, 15) is 18.0 Å². The third-order valence-electron chi connectivity index (χ3n) is 7.22. The molecule has 0 saturated carbocycles. The number of guanidine groups is 1. The highest BCUT2D eigenvalue weighted by Crippen LogP contribution is 2.46. The summed E-state index contributed by atoms with van der Waals surface area (Å²) in [5.41, 5.74) is -0.822. The molecule has 0 aliphatic carbocycles. The highest BCUT2D eigenvalue weighted by Gasteiger charge is 2.40. The van der Waals surface area contributed by atoms with Gasteiger partial charge in [0.2, 0.25) is 5.96 Å². The first-order valence-corrected chi connectivity index (χ1v) is 12.9. The predicted octanol–water partition coefficient (Wildman–Crippen LogP) is 5.80. The van der Waals surface area contributed by atoms with Crippen molar-refractivity contribution in [2.45, 2.75) is 18.6 Å². The number of hydrogen-bond acceptors (Lipinski definition) is 8. The highest BCUT2D eigenvalue weighted by molar-refractivity contribution is 6.02. The van der Waals surface area contributed by atoms with Crippen molar-refractivity contribution >= 4 is 29.0 Å². The summed E-state index contributed by atoms with van der Waals surface area (Å²) in [4.78, 5) is 22.2. The second kappa shape index (κ2) is 11.8. The van der Waals surface area contributed by atoms with E-state index in [1.54, 1.807) is 23.1 Å². The average Bonchev–Trinajstić information content (AvgIpc) is 2.99. The molecule has 1 fully saturated rings. The Morgan fingerprint density at radius 1 is 1.00 bits per heavy atom. The van der Waals surface area contributed by atoms with Crippen LogP contribution in [0.25, 0.3) is 0 Å². The average molecular weight is 593 g/mol. The molecule has 8 nitrogen and oxygen atoms in total. The van der Waals surface area contributed by atoms with Crippen LogP contribution in [0.5, 0.6) is 11.5 Å². The Kier molecular flexibility index (Phi) is 6.22. The van der Waals surface area contributed by atoms with Gasteiger partial charge in [0.25, 0.3) is 0 Å². The van der Waals surface area contributed by atoms with Gasteiger partial charge in [-0.05, 0) is 36.4 Å². The van der Waals surface area contributed by atoms with E-state index in [1.807, 2.05) is 4.90 Å². The molecule has 1 unspecified atom stereocenters. The highest BCUT2D eigenvalue weighted by atomic mass is 19.4. The summed E-state index contributed by atoms with van der Waals surface area (Å²) in [6.45, 7) is 0.972. The number of methoxy groups -OCH3 is 3. The Balaban J connectivity index is 1.60. The third kappa shape index (κ3) is 5.65. The zero-order valence-corrected chi connectivity index (χ0v) is 22.3. The minimum absolute atomic E-state index is 0.0460. The predicted molar refractivity (Wildman–Crippen MR) is 150 cm³/mol. The molecule has 1 atom stereocenters. The van der Waals surface area contributed by atoms with Gasteiger partial charge < -0.3 is 28.9 Å². The molecule has 0 amide bonds. The summed E-state index contributed by atoms with van der Waals surface area (Å²) >= 11 is 0. The number of esters is 1. The maximum atomic E-state index is 15.3. The first-order valence-electron chi connectivity index (χ1n) is 15.9. The van der Waals surface area contributed by atoms with Crippen molar-refractivity contribution in [3.05, 3.63) is 77.6 Å². The number of ether oxygens (including phenoxy) is 3. The summed E-state index contributed by atoms with van der Waals surface area (Å²) in [5, 5.41) is 0. The molecule has 0 N–H and O–H groups in total. The molecule has 3 aromatic carbocycles. The van der Waals surface area contributed by atoms with Gasteiger partial charge in [-0.2, -0.15) is 13.2 Å². The van der Waals surface area contributed by atoms with Gasteiger partial charge in [0.05, 0.1) is 53.1 Å². The van der Waals surface area contributed by atoms with Crippen molar-refractivity contribution in [1.29, 1.82) is 0 Å². The number of halogens is 4. The van der Waals surface area contributed by atoms with Crippen LogP contribution < -0.4 is 19.3 Å². The largest absolute Gasteiger partial charge is 0.497 e. The first-order chi connectivity index (χ1) is 22.4. The van der Waals surface area contributed by atoms with Gasteiger partial charge >= 0.3 is 12.1 Å². The molecule has 2 aliphatic rings. The lowest BCUT2D eigenvalue weighted by Gasteiger charge is -2.45. The fourth-order valence-electron chi connectivity index (χ4n) is 5.17. The lowest BCUT2D eigenvalue weighted by atomic mass is 9.96. The van der Waals surface area contributed by atoms with E-state index < -0.39 is 55.8 Å². The SMILES string of the molecule is [2H]C([2H])([2H])Oc1cccc(N2CCN(C3=Nc4c(F)cccc4C(CC(=O)OC)N3c3cc(C(F)(F)F)ccc3OC([2H])([2H])[2H])CC2)c1. The van der Waals surface area contributed by atoms with Crippen LogP contribution in [0.4, 0.5) is 34.6 Å². The fourth-order valence-corrected chi connectivity index (χ4v) is 5.17. The number of carbonyl (C=O) groups excluding carboxylic acids is 1. The monoisotopic (exact) mass is 592 g/mol. The van der Waals surface area contributed by atoms with Gasteiger partial charge in [0.1, 0.15) is 23.0 Å². The van der Waals surface area contributed by atoms with Crippen molar-refractivity contribution in [3.8, 4) is 11.5 Å². The number of alkyl halides is 3. The summed E-state index contributed by atoms with van der Waals surface area (Å²) in [7, 11) is -4.59. The van der Waals surface area contributed by atoms with Crippen LogP contribution >= 0.6 is 0 Å². The van der Waals surface area contributed by atoms with Crippen LogP contribution in [0, 0.1) is 5.82 Å². The van der Waals surface area contributed by atoms with Gasteiger partial charge in [-0.3, -0.25) is 4.79 Å². The summed E-state index contributed by atoms with van der Waals surface area (Å²) in [6.07, 6.45) is -5.31. The zero-order valence-electron chi connectivity index (χ0n) is 28.3. The quantitative estimate of drug-likeness (QED) is 0.265. The van der Waals surface area contributed by atoms with E-state index in [2.05, 4.69) is 4.99 Å². The molecule has 222 valence electrons. The Morgan fingerprint density at radius 3 is 2.45 bits per heavy atom. The van der Waals surface area contributed by atoms with Crippen LogP contribution in [0.3, 0.4) is 0 Å². The van der Waals surface area contributed by atoms with Gasteiger partial charge in [0.15, 0.2) is 0 Å². The van der Waals surface area contributed by atoms with Crippen LogP contribution in [-0.4, -0.2) is 64.2 Å². The van der Waals surface area contributed by atoms with E-state index in [4.69, 9.17) is 22.4 Å². The standard InChI is InChI=1S/C30H30F4N4O4/c1-40-21-7-4-6-20(17-21)36-12-14-37(15-13-36)29-35-28-22(8-5-9-23(28)31)24(18-27(39)42-3)38(29)25-16-19(30(32,33)34)10-11-26(25)41-2/h4-11,16-17,24H,12-15,18H2,1-3H3/i1D3,2D3. The molecule has 2 heterocycles. The number of benzene rings is 3. The van der Waals surface area contributed by atoms with Crippen molar-refractivity contribution in [2.75, 3.05) is 57.2 Å². The number of rotatable bonds is 6. The van der Waals surface area contributed by atoms with E-state index in [0.29, 0.717) is 30.9 Å². The van der Waals surface area contributed by atoms with Crippen molar-refractivity contribution < 1.29 is 44.8 Å². The molecule has 5 rings (SSSR count). The second-order valence-corrected chi connectivity index (χ2v) is 9.61. The van der Waals surface area contributed by atoms with Gasteiger partial charge in [0, 0.05) is 43.5 Å². The van der Waals surface area contributed by atoms with Crippen molar-refractivity contribution in [2.24, 2.45) is 4.99 Å². The molecule has 0 spiro atoms. The van der Waals surface area contributed by atoms with Crippen LogP contribution in [0.2, 0.25) is 0 Å². The summed E-state index contributed by atoms with van der Waals surface area (Å²) < 4.78 is 118. The number of nitrogens with zero attached hydrogens (tertiary/aromatic N) is 4. The van der Waals surface area contributed by atoms with Crippen LogP contribution in [-0.2, 0) is 15.7 Å². The molecular weight excluding hydrogens is 556 g/mol. The van der Waals surface area contributed by atoms with Crippen molar-refractivity contribution in [3.63, 3.8) is 0 Å². The summed E-state index contributed by atoms with van der Waals surface area (Å²) in [5.74, 6) is -1.88. The molecule has 0 radical (unpaired) electrons. The Morgan fingerprint density at radius 2 is 1.74 bits per heavy atom. The maximum absolute atomic E-state index is 15.3. The molecule has 3 aromatic rings. The maximum Gasteiger partial charge on any atom is 0.416 e.